The van der Waals surface area contributed by atoms with Gasteiger partial charge in [-0.1, -0.05) is 51.1 Å². The normalized spacial score (nSPS) is 15.6. The standard InChI is InChI=1S/C24H26N4OS/c1-4-24(2,3)19-9-10-21-17(12-19)11-18(14-26)23(28-21)30-15-22(29)27-20-8-6-5-7-16(20)13-25/h5-8,11,19H,4,9-10,12,15H2,1-3H3,(H,27,29). The highest BCUT2D eigenvalue weighted by atomic mass is 32.2. The van der Waals surface area contributed by atoms with E-state index in [0.717, 1.165) is 31.4 Å². The third-order valence-corrected chi connectivity index (χ3v) is 7.14. The minimum atomic E-state index is -0.226. The molecule has 1 aromatic carbocycles. The third kappa shape index (κ3) is 4.83. The number of hydrogen-bond donors (Lipinski definition) is 1. The van der Waals surface area contributed by atoms with Gasteiger partial charge in [0.15, 0.2) is 0 Å². The molecule has 1 amide bonds. The molecular formula is C24H26N4OS. The summed E-state index contributed by atoms with van der Waals surface area (Å²) in [7, 11) is 0. The number of rotatable bonds is 6. The van der Waals surface area contributed by atoms with Crippen molar-refractivity contribution in [3.63, 3.8) is 0 Å². The van der Waals surface area contributed by atoms with Crippen molar-refractivity contribution in [1.29, 1.82) is 10.5 Å². The van der Waals surface area contributed by atoms with Crippen LogP contribution in [0.2, 0.25) is 0 Å². The number of para-hydroxylation sites is 1. The van der Waals surface area contributed by atoms with E-state index in [9.17, 15) is 10.1 Å². The number of fused-ring (bicyclic) bond motifs is 1. The number of carbonyl (C=O) groups is 1. The number of aromatic nitrogens is 1. The Balaban J connectivity index is 1.71. The van der Waals surface area contributed by atoms with Crippen molar-refractivity contribution in [2.45, 2.75) is 51.5 Å². The number of anilines is 1. The third-order valence-electron chi connectivity index (χ3n) is 6.15. The number of nitrogens with zero attached hydrogens (tertiary/aromatic N) is 3. The van der Waals surface area contributed by atoms with Crippen molar-refractivity contribution in [3.8, 4) is 12.1 Å². The highest BCUT2D eigenvalue weighted by Crippen LogP contribution is 2.40. The van der Waals surface area contributed by atoms with Gasteiger partial charge in [-0.15, -0.1) is 0 Å². The molecule has 1 N–H and O–H groups in total. The molecule has 3 rings (SSSR count). The van der Waals surface area contributed by atoms with Gasteiger partial charge in [0.1, 0.15) is 17.2 Å². The summed E-state index contributed by atoms with van der Waals surface area (Å²) in [5.41, 5.74) is 3.93. The predicted molar refractivity (Wildman–Crippen MR) is 119 cm³/mol. The van der Waals surface area contributed by atoms with Crippen LogP contribution >= 0.6 is 11.8 Å². The summed E-state index contributed by atoms with van der Waals surface area (Å²) >= 11 is 1.27. The summed E-state index contributed by atoms with van der Waals surface area (Å²) in [4.78, 5) is 17.1. The lowest BCUT2D eigenvalue weighted by Gasteiger charge is -2.37. The Hall–Kier alpha value is -2.83. The highest BCUT2D eigenvalue weighted by Gasteiger charge is 2.32. The van der Waals surface area contributed by atoms with Crippen molar-refractivity contribution in [2.24, 2.45) is 11.3 Å². The molecule has 0 bridgehead atoms. The van der Waals surface area contributed by atoms with Gasteiger partial charge < -0.3 is 5.32 Å². The molecule has 0 spiro atoms. The molecule has 0 fully saturated rings. The molecule has 5 nitrogen and oxygen atoms in total. The number of hydrogen-bond acceptors (Lipinski definition) is 5. The van der Waals surface area contributed by atoms with Crippen molar-refractivity contribution in [1.82, 2.24) is 4.98 Å². The second-order valence-electron chi connectivity index (χ2n) is 8.33. The van der Waals surface area contributed by atoms with Gasteiger partial charge in [0.05, 0.1) is 22.6 Å². The van der Waals surface area contributed by atoms with Crippen LogP contribution in [0.15, 0.2) is 35.4 Å². The van der Waals surface area contributed by atoms with Crippen LogP contribution in [0.25, 0.3) is 0 Å². The molecule has 30 heavy (non-hydrogen) atoms. The van der Waals surface area contributed by atoms with E-state index < -0.39 is 0 Å². The van der Waals surface area contributed by atoms with Crippen molar-refractivity contribution in [3.05, 3.63) is 52.7 Å². The number of carbonyl (C=O) groups excluding carboxylic acids is 1. The number of nitriles is 2. The van der Waals surface area contributed by atoms with Crippen LogP contribution in [0.1, 0.15) is 56.0 Å². The molecule has 6 heteroatoms. The van der Waals surface area contributed by atoms with Crippen LogP contribution in [0, 0.1) is 34.0 Å². The second kappa shape index (κ2) is 9.32. The monoisotopic (exact) mass is 418 g/mol. The van der Waals surface area contributed by atoms with Gasteiger partial charge in [0.2, 0.25) is 5.91 Å². The van der Waals surface area contributed by atoms with Crippen LogP contribution < -0.4 is 5.32 Å². The Morgan fingerprint density at radius 3 is 2.70 bits per heavy atom. The minimum Gasteiger partial charge on any atom is -0.324 e. The zero-order valence-corrected chi connectivity index (χ0v) is 18.5. The van der Waals surface area contributed by atoms with E-state index in [0.29, 0.717) is 27.8 Å². The average Bonchev–Trinajstić information content (AvgIpc) is 2.76. The molecule has 1 aliphatic rings. The van der Waals surface area contributed by atoms with Gasteiger partial charge in [-0.3, -0.25) is 4.79 Å². The van der Waals surface area contributed by atoms with Gasteiger partial charge in [-0.2, -0.15) is 10.5 Å². The zero-order chi connectivity index (χ0) is 21.7. The molecule has 0 radical (unpaired) electrons. The molecule has 1 aromatic heterocycles. The van der Waals surface area contributed by atoms with Crippen LogP contribution in [-0.2, 0) is 17.6 Å². The first-order valence-corrected chi connectivity index (χ1v) is 11.2. The number of aryl methyl sites for hydroxylation is 1. The number of nitrogens with one attached hydrogen (secondary N) is 1. The molecule has 0 saturated heterocycles. The Morgan fingerprint density at radius 2 is 2.00 bits per heavy atom. The predicted octanol–water partition coefficient (Wildman–Crippen LogP) is 5.10. The van der Waals surface area contributed by atoms with E-state index in [4.69, 9.17) is 10.2 Å². The zero-order valence-electron chi connectivity index (χ0n) is 17.7. The first kappa shape index (κ1) is 21.9. The van der Waals surface area contributed by atoms with Crippen molar-refractivity contribution < 1.29 is 4.79 Å². The Morgan fingerprint density at radius 1 is 1.27 bits per heavy atom. The fraction of sp³-hybridized carbons (Fsp3) is 0.417. The van der Waals surface area contributed by atoms with E-state index >= 15 is 0 Å². The first-order chi connectivity index (χ1) is 14.4. The van der Waals surface area contributed by atoms with Crippen LogP contribution in [0.3, 0.4) is 0 Å². The summed E-state index contributed by atoms with van der Waals surface area (Å²) in [6, 6.07) is 13.2. The fourth-order valence-electron chi connectivity index (χ4n) is 3.80. The van der Waals surface area contributed by atoms with Crippen LogP contribution in [-0.4, -0.2) is 16.6 Å². The van der Waals surface area contributed by atoms with Gasteiger partial charge in [0, 0.05) is 5.69 Å². The van der Waals surface area contributed by atoms with E-state index in [-0.39, 0.29) is 17.1 Å². The summed E-state index contributed by atoms with van der Waals surface area (Å²) in [6.45, 7) is 6.86. The lowest BCUT2D eigenvalue weighted by atomic mass is 9.69. The van der Waals surface area contributed by atoms with Gasteiger partial charge in [-0.25, -0.2) is 4.98 Å². The first-order valence-electron chi connectivity index (χ1n) is 10.2. The molecule has 2 aromatic rings. The summed E-state index contributed by atoms with van der Waals surface area (Å²) in [5.74, 6) is 0.495. The van der Waals surface area contributed by atoms with E-state index in [1.54, 1.807) is 24.3 Å². The maximum atomic E-state index is 12.4. The van der Waals surface area contributed by atoms with E-state index in [1.165, 1.54) is 17.3 Å². The van der Waals surface area contributed by atoms with Crippen LogP contribution in [0.5, 0.6) is 0 Å². The summed E-state index contributed by atoms with van der Waals surface area (Å²) < 4.78 is 0. The topological polar surface area (TPSA) is 89.6 Å². The minimum absolute atomic E-state index is 0.131. The smallest absolute Gasteiger partial charge is 0.234 e. The van der Waals surface area contributed by atoms with E-state index in [1.807, 2.05) is 6.07 Å². The number of thioether (sulfide) groups is 1. The van der Waals surface area contributed by atoms with Crippen molar-refractivity contribution >= 4 is 23.4 Å². The molecule has 1 heterocycles. The largest absolute Gasteiger partial charge is 0.324 e. The van der Waals surface area contributed by atoms with Gasteiger partial charge in [-0.05, 0) is 54.4 Å². The highest BCUT2D eigenvalue weighted by molar-refractivity contribution is 8.00. The number of benzene rings is 1. The Bertz CT molecular complexity index is 1030. The SMILES string of the molecule is CCC(C)(C)C1CCc2nc(SCC(=O)Nc3ccccc3C#N)c(C#N)cc2C1. The molecule has 1 atom stereocenters. The molecule has 154 valence electrons. The molecule has 1 aliphatic carbocycles. The molecule has 1 unspecified atom stereocenters. The molecular weight excluding hydrogens is 392 g/mol. The summed E-state index contributed by atoms with van der Waals surface area (Å²) in [5, 5.41) is 22.1. The molecule has 0 aliphatic heterocycles. The van der Waals surface area contributed by atoms with Crippen LogP contribution in [0.4, 0.5) is 5.69 Å². The maximum absolute atomic E-state index is 12.4. The number of amides is 1. The maximum Gasteiger partial charge on any atom is 0.234 e. The van der Waals surface area contributed by atoms with Gasteiger partial charge >= 0.3 is 0 Å². The second-order valence-corrected chi connectivity index (χ2v) is 9.30. The lowest BCUT2D eigenvalue weighted by Crippen LogP contribution is -2.29. The van der Waals surface area contributed by atoms with E-state index in [2.05, 4.69) is 38.2 Å². The Kier molecular flexibility index (Phi) is 6.80. The van der Waals surface area contributed by atoms with Crippen molar-refractivity contribution in [2.75, 3.05) is 11.1 Å². The van der Waals surface area contributed by atoms with Gasteiger partial charge in [0.25, 0.3) is 0 Å². The Labute approximate surface area is 182 Å². The summed E-state index contributed by atoms with van der Waals surface area (Å²) in [6.07, 6.45) is 4.09. The molecule has 0 saturated carbocycles. The quantitative estimate of drug-likeness (QED) is 0.660. The average molecular weight is 419 g/mol. The lowest BCUT2D eigenvalue weighted by molar-refractivity contribution is -0.113. The number of pyridine rings is 1. The fourth-order valence-corrected chi connectivity index (χ4v) is 4.58.